The summed E-state index contributed by atoms with van der Waals surface area (Å²) in [6, 6.07) is 16.0. The highest BCUT2D eigenvalue weighted by Gasteiger charge is 2.21. The number of nitro benzene ring substituents is 1. The van der Waals surface area contributed by atoms with Crippen LogP contribution in [0.4, 0.5) is 11.4 Å². The number of sulfonamides is 1. The van der Waals surface area contributed by atoms with Crippen molar-refractivity contribution in [1.82, 2.24) is 4.98 Å². The first-order valence-electron chi connectivity index (χ1n) is 8.13. The Hall–Kier alpha value is -3.26. The van der Waals surface area contributed by atoms with E-state index in [2.05, 4.69) is 9.71 Å². The molecule has 3 rings (SSSR count). The molecule has 3 aromatic rings. The van der Waals surface area contributed by atoms with Gasteiger partial charge < -0.3 is 0 Å². The molecule has 0 amide bonds. The minimum Gasteiger partial charge on any atom is -0.279 e. The minimum absolute atomic E-state index is 0.0661. The van der Waals surface area contributed by atoms with E-state index >= 15 is 0 Å². The van der Waals surface area contributed by atoms with Gasteiger partial charge in [-0.25, -0.2) is 8.42 Å². The molecular weight excluding hydrogens is 366 g/mol. The van der Waals surface area contributed by atoms with Crippen molar-refractivity contribution in [2.24, 2.45) is 0 Å². The molecule has 0 aliphatic rings. The van der Waals surface area contributed by atoms with Crippen molar-refractivity contribution in [1.29, 1.82) is 0 Å². The molecule has 0 spiro atoms. The largest absolute Gasteiger partial charge is 0.279 e. The Bertz CT molecular complexity index is 1070. The first kappa shape index (κ1) is 18.5. The highest BCUT2D eigenvalue weighted by Crippen LogP contribution is 2.31. The van der Waals surface area contributed by atoms with E-state index in [-0.39, 0.29) is 17.0 Å². The molecule has 1 N–H and O–H groups in total. The van der Waals surface area contributed by atoms with Crippen LogP contribution in [0, 0.1) is 17.0 Å². The van der Waals surface area contributed by atoms with Gasteiger partial charge in [0.2, 0.25) is 0 Å². The number of rotatable bonds is 6. The van der Waals surface area contributed by atoms with Gasteiger partial charge in [-0.15, -0.1) is 0 Å². The van der Waals surface area contributed by atoms with Crippen LogP contribution in [-0.4, -0.2) is 18.3 Å². The topological polar surface area (TPSA) is 102 Å². The summed E-state index contributed by atoms with van der Waals surface area (Å²) in [5, 5.41) is 11.3. The average Bonchev–Trinajstić information content (AvgIpc) is 2.66. The number of benzene rings is 2. The van der Waals surface area contributed by atoms with Gasteiger partial charge in [0, 0.05) is 29.9 Å². The summed E-state index contributed by atoms with van der Waals surface area (Å²) >= 11 is 0. The smallest absolute Gasteiger partial charge is 0.272 e. The molecule has 27 heavy (non-hydrogen) atoms. The number of nitrogens with zero attached hydrogens (tertiary/aromatic N) is 2. The Morgan fingerprint density at radius 1 is 1.04 bits per heavy atom. The molecule has 0 aliphatic carbocycles. The second-order valence-electron chi connectivity index (χ2n) is 5.91. The van der Waals surface area contributed by atoms with Crippen molar-refractivity contribution >= 4 is 21.4 Å². The summed E-state index contributed by atoms with van der Waals surface area (Å²) in [6.45, 7) is 1.61. The van der Waals surface area contributed by atoms with Crippen molar-refractivity contribution in [2.75, 3.05) is 4.72 Å². The van der Waals surface area contributed by atoms with Crippen molar-refractivity contribution < 1.29 is 13.3 Å². The molecule has 138 valence electrons. The maximum absolute atomic E-state index is 12.7. The maximum Gasteiger partial charge on any atom is 0.272 e. The number of hydrogen-bond acceptors (Lipinski definition) is 5. The minimum atomic E-state index is -3.82. The number of nitro groups is 1. The Labute approximate surface area is 156 Å². The lowest BCUT2D eigenvalue weighted by Gasteiger charge is -2.15. The fraction of sp³-hybridized carbons (Fsp3) is 0.105. The fourth-order valence-corrected chi connectivity index (χ4v) is 3.87. The third-order valence-electron chi connectivity index (χ3n) is 4.15. The molecule has 8 heteroatoms. The van der Waals surface area contributed by atoms with Gasteiger partial charge in [-0.3, -0.25) is 19.8 Å². The van der Waals surface area contributed by atoms with Crippen LogP contribution >= 0.6 is 0 Å². The van der Waals surface area contributed by atoms with E-state index in [1.807, 2.05) is 6.07 Å². The summed E-state index contributed by atoms with van der Waals surface area (Å²) in [4.78, 5) is 15.2. The zero-order valence-electron chi connectivity index (χ0n) is 14.5. The van der Waals surface area contributed by atoms with Gasteiger partial charge in [0.15, 0.2) is 0 Å². The van der Waals surface area contributed by atoms with E-state index in [1.54, 1.807) is 43.5 Å². The van der Waals surface area contributed by atoms with E-state index < -0.39 is 14.9 Å². The van der Waals surface area contributed by atoms with Crippen LogP contribution in [0.15, 0.2) is 71.8 Å². The molecule has 7 nitrogen and oxygen atoms in total. The summed E-state index contributed by atoms with van der Waals surface area (Å²) in [7, 11) is -3.82. The molecule has 0 unspecified atom stereocenters. The molecule has 0 saturated carbocycles. The SMILES string of the molecule is Cc1c([N+](=O)[O-])ccc(NS(=O)(=O)c2ccccc2)c1Cc1ccccn1. The monoisotopic (exact) mass is 383 g/mol. The van der Waals surface area contributed by atoms with Crippen LogP contribution in [0.1, 0.15) is 16.8 Å². The molecule has 0 fully saturated rings. The van der Waals surface area contributed by atoms with Crippen molar-refractivity contribution in [2.45, 2.75) is 18.2 Å². The molecule has 0 radical (unpaired) electrons. The van der Waals surface area contributed by atoms with Gasteiger partial charge in [0.25, 0.3) is 15.7 Å². The molecule has 0 saturated heterocycles. The second-order valence-corrected chi connectivity index (χ2v) is 7.59. The van der Waals surface area contributed by atoms with Crippen LogP contribution in [0.3, 0.4) is 0 Å². The zero-order valence-corrected chi connectivity index (χ0v) is 15.3. The van der Waals surface area contributed by atoms with Crippen molar-refractivity contribution in [3.05, 3.63) is 93.8 Å². The Balaban J connectivity index is 2.07. The van der Waals surface area contributed by atoms with Gasteiger partial charge in [0.05, 0.1) is 15.5 Å². The summed E-state index contributed by atoms with van der Waals surface area (Å²) in [5.74, 6) is 0. The molecule has 2 aromatic carbocycles. The standard InChI is InChI=1S/C19H17N3O4S/c1-14-17(13-15-7-5-6-12-20-15)18(10-11-19(14)22(23)24)21-27(25,26)16-8-3-2-4-9-16/h2-12,21H,13H2,1H3. The molecule has 0 aliphatic heterocycles. The predicted molar refractivity (Wildman–Crippen MR) is 102 cm³/mol. The van der Waals surface area contributed by atoms with E-state index in [1.165, 1.54) is 24.3 Å². The molecular formula is C19H17N3O4S. The summed E-state index contributed by atoms with van der Waals surface area (Å²) in [5.41, 5.74) is 1.83. The third-order valence-corrected chi connectivity index (χ3v) is 5.53. The number of hydrogen-bond donors (Lipinski definition) is 1. The van der Waals surface area contributed by atoms with Crippen LogP contribution in [0.2, 0.25) is 0 Å². The molecule has 1 aromatic heterocycles. The van der Waals surface area contributed by atoms with Gasteiger partial charge in [-0.2, -0.15) is 0 Å². The highest BCUT2D eigenvalue weighted by molar-refractivity contribution is 7.92. The van der Waals surface area contributed by atoms with Gasteiger partial charge >= 0.3 is 0 Å². The van der Waals surface area contributed by atoms with Crippen LogP contribution in [0.5, 0.6) is 0 Å². The van der Waals surface area contributed by atoms with Gasteiger partial charge in [0.1, 0.15) is 0 Å². The lowest BCUT2D eigenvalue weighted by Crippen LogP contribution is -2.15. The summed E-state index contributed by atoms with van der Waals surface area (Å²) < 4.78 is 27.9. The quantitative estimate of drug-likeness (QED) is 0.517. The Morgan fingerprint density at radius 3 is 2.37 bits per heavy atom. The predicted octanol–water partition coefficient (Wildman–Crippen LogP) is 3.69. The number of nitrogens with one attached hydrogen (secondary N) is 1. The number of aromatic nitrogens is 1. The zero-order chi connectivity index (χ0) is 19.4. The van der Waals surface area contributed by atoms with Crippen LogP contribution in [0.25, 0.3) is 0 Å². The van der Waals surface area contributed by atoms with Crippen LogP contribution in [-0.2, 0) is 16.4 Å². The first-order chi connectivity index (χ1) is 12.9. The second kappa shape index (κ2) is 7.55. The first-order valence-corrected chi connectivity index (χ1v) is 9.61. The van der Waals surface area contributed by atoms with E-state index in [0.717, 1.165) is 0 Å². The Morgan fingerprint density at radius 2 is 1.74 bits per heavy atom. The van der Waals surface area contributed by atoms with Gasteiger partial charge in [-0.05, 0) is 42.8 Å². The van der Waals surface area contributed by atoms with E-state index in [0.29, 0.717) is 22.5 Å². The van der Waals surface area contributed by atoms with Crippen LogP contribution < -0.4 is 4.72 Å². The van der Waals surface area contributed by atoms with E-state index in [9.17, 15) is 18.5 Å². The Kier molecular flexibility index (Phi) is 5.18. The van der Waals surface area contributed by atoms with Gasteiger partial charge in [-0.1, -0.05) is 24.3 Å². The maximum atomic E-state index is 12.7. The normalized spacial score (nSPS) is 11.1. The lowest BCUT2D eigenvalue weighted by molar-refractivity contribution is -0.385. The lowest BCUT2D eigenvalue weighted by atomic mass is 10.00. The summed E-state index contributed by atoms with van der Waals surface area (Å²) in [6.07, 6.45) is 1.89. The molecule has 1 heterocycles. The van der Waals surface area contributed by atoms with E-state index in [4.69, 9.17) is 0 Å². The number of pyridine rings is 1. The third kappa shape index (κ3) is 4.12. The average molecular weight is 383 g/mol. The highest BCUT2D eigenvalue weighted by atomic mass is 32.2. The molecule has 0 atom stereocenters. The fourth-order valence-electron chi connectivity index (χ4n) is 2.75. The van der Waals surface area contributed by atoms with Crippen molar-refractivity contribution in [3.8, 4) is 0 Å². The number of anilines is 1. The molecule has 0 bridgehead atoms. The van der Waals surface area contributed by atoms with Crippen molar-refractivity contribution in [3.63, 3.8) is 0 Å².